The summed E-state index contributed by atoms with van der Waals surface area (Å²) < 4.78 is 0. The molecule has 0 saturated carbocycles. The molecule has 4 nitrogen and oxygen atoms in total. The smallest absolute Gasteiger partial charge is 0.269 e. The number of ketones is 1. The van der Waals surface area contributed by atoms with Gasteiger partial charge >= 0.3 is 0 Å². The molecule has 1 aromatic rings. The highest BCUT2D eigenvalue weighted by Crippen LogP contribution is 2.12. The number of nitrogens with zero attached hydrogens (tertiary/aromatic N) is 1. The zero-order chi connectivity index (χ0) is 12.7. The molecule has 0 bridgehead atoms. The van der Waals surface area contributed by atoms with Gasteiger partial charge in [-0.25, -0.2) is 0 Å². The number of halogens is 1. The fraction of sp³-hybridized carbons (Fsp3) is 0.0833. The second-order valence-corrected chi connectivity index (χ2v) is 3.43. The third-order valence-electron chi connectivity index (χ3n) is 1.92. The highest BCUT2D eigenvalue weighted by atomic mass is 35.5. The first-order valence-electron chi connectivity index (χ1n) is 4.81. The summed E-state index contributed by atoms with van der Waals surface area (Å²) >= 11 is 5.31. The Bertz CT molecular complexity index is 463. The van der Waals surface area contributed by atoms with Gasteiger partial charge in [0.2, 0.25) is 0 Å². The zero-order valence-electron chi connectivity index (χ0n) is 8.88. The van der Waals surface area contributed by atoms with Crippen LogP contribution in [0, 0.1) is 10.1 Å². The molecule has 0 aliphatic carbocycles. The van der Waals surface area contributed by atoms with E-state index < -0.39 is 4.92 Å². The van der Waals surface area contributed by atoms with Crippen molar-refractivity contribution in [3.63, 3.8) is 0 Å². The molecule has 0 aliphatic rings. The van der Waals surface area contributed by atoms with Gasteiger partial charge in [-0.1, -0.05) is 18.2 Å². The van der Waals surface area contributed by atoms with Crippen LogP contribution in [0.2, 0.25) is 0 Å². The number of alkyl halides is 1. The van der Waals surface area contributed by atoms with Crippen molar-refractivity contribution in [1.29, 1.82) is 0 Å². The molecular formula is C12H10ClNO3. The van der Waals surface area contributed by atoms with Gasteiger partial charge in [0, 0.05) is 12.1 Å². The van der Waals surface area contributed by atoms with Crippen LogP contribution in [-0.4, -0.2) is 16.6 Å². The van der Waals surface area contributed by atoms with Crippen molar-refractivity contribution >= 4 is 29.1 Å². The lowest BCUT2D eigenvalue weighted by Crippen LogP contribution is -1.90. The highest BCUT2D eigenvalue weighted by Gasteiger charge is 2.01. The first kappa shape index (κ1) is 13.1. The summed E-state index contributed by atoms with van der Waals surface area (Å²) in [5.74, 6) is -0.206. The maximum Gasteiger partial charge on any atom is 0.269 e. The van der Waals surface area contributed by atoms with E-state index in [0.717, 1.165) is 5.56 Å². The SMILES string of the molecule is O=C(C=CC=Cc1ccc([N+](=O)[O-])cc1)CCl. The Balaban J connectivity index is 2.63. The van der Waals surface area contributed by atoms with Crippen molar-refractivity contribution in [3.8, 4) is 0 Å². The van der Waals surface area contributed by atoms with Crippen LogP contribution >= 0.6 is 11.6 Å². The fourth-order valence-corrected chi connectivity index (χ4v) is 1.17. The predicted molar refractivity (Wildman–Crippen MR) is 67.0 cm³/mol. The minimum Gasteiger partial charge on any atom is -0.294 e. The summed E-state index contributed by atoms with van der Waals surface area (Å²) in [7, 11) is 0. The molecule has 0 N–H and O–H groups in total. The van der Waals surface area contributed by atoms with Gasteiger partial charge in [-0.2, -0.15) is 0 Å². The predicted octanol–water partition coefficient (Wildman–Crippen LogP) is 2.97. The Morgan fingerprint density at radius 2 is 1.94 bits per heavy atom. The van der Waals surface area contributed by atoms with Gasteiger partial charge in [0.05, 0.1) is 10.8 Å². The maximum absolute atomic E-state index is 10.8. The average Bonchev–Trinajstić information content (AvgIpc) is 2.34. The highest BCUT2D eigenvalue weighted by molar-refractivity contribution is 6.29. The summed E-state index contributed by atoms with van der Waals surface area (Å²) in [5.41, 5.74) is 0.869. The normalized spacial score (nSPS) is 11.1. The van der Waals surface area contributed by atoms with Crippen molar-refractivity contribution in [2.24, 2.45) is 0 Å². The van der Waals surface area contributed by atoms with E-state index >= 15 is 0 Å². The zero-order valence-corrected chi connectivity index (χ0v) is 9.63. The van der Waals surface area contributed by atoms with Crippen LogP contribution in [-0.2, 0) is 4.79 Å². The molecule has 0 aromatic heterocycles. The van der Waals surface area contributed by atoms with E-state index in [1.807, 2.05) is 0 Å². The molecule has 0 heterocycles. The molecule has 1 rings (SSSR count). The number of allylic oxidation sites excluding steroid dienone is 3. The van der Waals surface area contributed by atoms with Gasteiger partial charge in [-0.3, -0.25) is 14.9 Å². The van der Waals surface area contributed by atoms with Crippen molar-refractivity contribution in [2.45, 2.75) is 0 Å². The molecule has 0 amide bonds. The van der Waals surface area contributed by atoms with Crippen molar-refractivity contribution < 1.29 is 9.72 Å². The molecule has 0 fully saturated rings. The molecule has 0 aliphatic heterocycles. The van der Waals surface area contributed by atoms with Gasteiger partial charge in [-0.15, -0.1) is 11.6 Å². The van der Waals surface area contributed by atoms with Crippen molar-refractivity contribution in [3.05, 3.63) is 58.2 Å². The molecule has 0 saturated heterocycles. The first-order chi connectivity index (χ1) is 8.13. The standard InChI is InChI=1S/C12H10ClNO3/c13-9-12(15)4-2-1-3-10-5-7-11(8-6-10)14(16)17/h1-8H,9H2. The van der Waals surface area contributed by atoms with E-state index in [2.05, 4.69) is 0 Å². The van der Waals surface area contributed by atoms with E-state index in [-0.39, 0.29) is 17.4 Å². The molecular weight excluding hydrogens is 242 g/mol. The lowest BCUT2D eigenvalue weighted by molar-refractivity contribution is -0.384. The van der Waals surface area contributed by atoms with Crippen LogP contribution < -0.4 is 0 Å². The van der Waals surface area contributed by atoms with E-state index in [1.165, 1.54) is 18.2 Å². The molecule has 0 atom stereocenters. The number of hydrogen-bond acceptors (Lipinski definition) is 3. The van der Waals surface area contributed by atoms with Gasteiger partial charge in [-0.05, 0) is 23.8 Å². The van der Waals surface area contributed by atoms with Gasteiger partial charge in [0.15, 0.2) is 5.78 Å². The lowest BCUT2D eigenvalue weighted by Gasteiger charge is -1.92. The molecule has 0 unspecified atom stereocenters. The van der Waals surface area contributed by atoms with Crippen molar-refractivity contribution in [1.82, 2.24) is 0 Å². The van der Waals surface area contributed by atoms with Crippen LogP contribution in [0.3, 0.4) is 0 Å². The molecule has 1 aromatic carbocycles. The summed E-state index contributed by atoms with van der Waals surface area (Å²) in [5, 5.41) is 10.4. The second kappa shape index (κ2) is 6.60. The monoisotopic (exact) mass is 251 g/mol. The Hall–Kier alpha value is -1.94. The summed E-state index contributed by atoms with van der Waals surface area (Å²) in [6, 6.07) is 6.11. The Morgan fingerprint density at radius 1 is 1.29 bits per heavy atom. The van der Waals surface area contributed by atoms with Crippen LogP contribution in [0.15, 0.2) is 42.5 Å². The van der Waals surface area contributed by atoms with Crippen molar-refractivity contribution in [2.75, 3.05) is 5.88 Å². The number of rotatable bonds is 5. The molecule has 17 heavy (non-hydrogen) atoms. The lowest BCUT2D eigenvalue weighted by atomic mass is 10.2. The van der Waals surface area contributed by atoms with Gasteiger partial charge in [0.25, 0.3) is 5.69 Å². The van der Waals surface area contributed by atoms with E-state index in [9.17, 15) is 14.9 Å². The topological polar surface area (TPSA) is 60.2 Å². The Kier molecular flexibility index (Phi) is 5.10. The number of nitro benzene ring substituents is 1. The summed E-state index contributed by atoms with van der Waals surface area (Å²) in [6.45, 7) is 0. The Morgan fingerprint density at radius 3 is 2.47 bits per heavy atom. The van der Waals surface area contributed by atoms with Gasteiger partial charge < -0.3 is 0 Å². The number of non-ortho nitro benzene ring substituents is 1. The third-order valence-corrected chi connectivity index (χ3v) is 2.18. The van der Waals surface area contributed by atoms with Crippen LogP contribution in [0.1, 0.15) is 5.56 Å². The summed E-state index contributed by atoms with van der Waals surface area (Å²) in [4.78, 5) is 20.8. The summed E-state index contributed by atoms with van der Waals surface area (Å²) in [6.07, 6.45) is 6.36. The quantitative estimate of drug-likeness (QED) is 0.266. The number of carbonyl (C=O) groups excluding carboxylic acids is 1. The van der Waals surface area contributed by atoms with Crippen LogP contribution in [0.4, 0.5) is 5.69 Å². The Labute approximate surface area is 103 Å². The van der Waals surface area contributed by atoms with Gasteiger partial charge in [0.1, 0.15) is 0 Å². The third kappa shape index (κ3) is 4.61. The largest absolute Gasteiger partial charge is 0.294 e. The molecule has 5 heteroatoms. The molecule has 88 valence electrons. The first-order valence-corrected chi connectivity index (χ1v) is 5.35. The average molecular weight is 252 g/mol. The molecule has 0 radical (unpaired) electrons. The fourth-order valence-electron chi connectivity index (χ4n) is 1.08. The minimum absolute atomic E-state index is 0.0398. The van der Waals surface area contributed by atoms with E-state index in [4.69, 9.17) is 11.6 Å². The number of carbonyl (C=O) groups is 1. The van der Waals surface area contributed by atoms with E-state index in [1.54, 1.807) is 30.4 Å². The number of hydrogen-bond donors (Lipinski definition) is 0. The molecule has 0 spiro atoms. The number of nitro groups is 1. The maximum atomic E-state index is 10.8. The number of benzene rings is 1. The minimum atomic E-state index is -0.452. The van der Waals surface area contributed by atoms with E-state index in [0.29, 0.717) is 0 Å². The van der Waals surface area contributed by atoms with Crippen LogP contribution in [0.25, 0.3) is 6.08 Å². The second-order valence-electron chi connectivity index (χ2n) is 3.17. The van der Waals surface area contributed by atoms with Crippen LogP contribution in [0.5, 0.6) is 0 Å².